The van der Waals surface area contributed by atoms with Gasteiger partial charge >= 0.3 is 0 Å². The second-order valence-corrected chi connectivity index (χ2v) is 3.80. The van der Waals surface area contributed by atoms with Crippen LogP contribution in [0.15, 0.2) is 49.1 Å². The van der Waals surface area contributed by atoms with Gasteiger partial charge in [0.1, 0.15) is 0 Å². The number of aromatic nitrogens is 2. The van der Waals surface area contributed by atoms with Crippen molar-refractivity contribution in [2.45, 2.75) is 33.2 Å². The third kappa shape index (κ3) is 5.35. The van der Waals surface area contributed by atoms with Crippen molar-refractivity contribution in [3.8, 4) is 0 Å². The summed E-state index contributed by atoms with van der Waals surface area (Å²) in [6.45, 7) is 5.52. The molecule has 2 heterocycles. The first-order valence-corrected chi connectivity index (χ1v) is 5.80. The number of nitrogens with zero attached hydrogens (tertiary/aromatic N) is 2. The molecule has 2 aromatic heterocycles. The number of hydrogen-bond donors (Lipinski definition) is 0. The molecule has 0 aliphatic rings. The first kappa shape index (κ1) is 12.5. The Morgan fingerprint density at radius 2 is 1.94 bits per heavy atom. The molecule has 0 radical (unpaired) electrons. The molecule has 0 N–H and O–H groups in total. The standard InChI is InChI=1S/C9H15N.C5H5N/c1-3-4-6-10-7-5-9(2)8-10;1-2-4-6-5-3-1/h5,7-8H,3-4,6H2,1-2H3;1-5H. The molecule has 2 heteroatoms. The number of pyridine rings is 1. The summed E-state index contributed by atoms with van der Waals surface area (Å²) in [7, 11) is 0. The van der Waals surface area contributed by atoms with E-state index in [1.165, 1.54) is 24.9 Å². The van der Waals surface area contributed by atoms with E-state index in [1.807, 2.05) is 18.2 Å². The molecule has 0 unspecified atom stereocenters. The lowest BCUT2D eigenvalue weighted by molar-refractivity contribution is 0.634. The van der Waals surface area contributed by atoms with E-state index in [9.17, 15) is 0 Å². The molecule has 2 rings (SSSR count). The number of hydrogen-bond acceptors (Lipinski definition) is 1. The van der Waals surface area contributed by atoms with Crippen LogP contribution in [0.5, 0.6) is 0 Å². The molecule has 16 heavy (non-hydrogen) atoms. The van der Waals surface area contributed by atoms with E-state index in [0.29, 0.717) is 0 Å². The fourth-order valence-corrected chi connectivity index (χ4v) is 1.35. The van der Waals surface area contributed by atoms with Gasteiger partial charge in [-0.05, 0) is 37.1 Å². The van der Waals surface area contributed by atoms with Crippen LogP contribution in [0.25, 0.3) is 0 Å². The molecule has 2 aromatic rings. The van der Waals surface area contributed by atoms with Crippen LogP contribution >= 0.6 is 0 Å². The molecule has 0 aliphatic carbocycles. The Bertz CT molecular complexity index is 339. The molecule has 0 aliphatic heterocycles. The average Bonchev–Trinajstić information content (AvgIpc) is 2.76. The molecule has 0 fully saturated rings. The van der Waals surface area contributed by atoms with Gasteiger partial charge in [0.15, 0.2) is 0 Å². The minimum atomic E-state index is 1.17. The van der Waals surface area contributed by atoms with E-state index < -0.39 is 0 Å². The lowest BCUT2D eigenvalue weighted by Gasteiger charge is -1.98. The van der Waals surface area contributed by atoms with Crippen LogP contribution in [-0.4, -0.2) is 9.55 Å². The summed E-state index contributed by atoms with van der Waals surface area (Å²) in [6.07, 6.45) is 10.4. The van der Waals surface area contributed by atoms with Crippen molar-refractivity contribution in [1.29, 1.82) is 0 Å². The molecule has 0 aromatic carbocycles. The average molecular weight is 216 g/mol. The normalized spacial score (nSPS) is 9.38. The molecule has 0 atom stereocenters. The van der Waals surface area contributed by atoms with Gasteiger partial charge in [0.25, 0.3) is 0 Å². The first-order valence-electron chi connectivity index (χ1n) is 5.80. The van der Waals surface area contributed by atoms with Gasteiger partial charge in [0.05, 0.1) is 0 Å². The predicted octanol–water partition coefficient (Wildman–Crippen LogP) is 3.68. The summed E-state index contributed by atoms with van der Waals surface area (Å²) in [5.74, 6) is 0. The van der Waals surface area contributed by atoms with Crippen molar-refractivity contribution in [2.24, 2.45) is 0 Å². The van der Waals surface area contributed by atoms with Crippen LogP contribution < -0.4 is 0 Å². The first-order chi connectivity index (χ1) is 7.83. The second-order valence-electron chi connectivity index (χ2n) is 3.80. The van der Waals surface area contributed by atoms with E-state index in [-0.39, 0.29) is 0 Å². The molecule has 0 bridgehead atoms. The largest absolute Gasteiger partial charge is 0.354 e. The number of unbranched alkanes of at least 4 members (excludes halogenated alkanes) is 1. The summed E-state index contributed by atoms with van der Waals surface area (Å²) in [6, 6.07) is 7.86. The van der Waals surface area contributed by atoms with Crippen molar-refractivity contribution >= 4 is 0 Å². The van der Waals surface area contributed by atoms with Crippen molar-refractivity contribution in [2.75, 3.05) is 0 Å². The Hall–Kier alpha value is -1.57. The van der Waals surface area contributed by atoms with Crippen LogP contribution in [0, 0.1) is 6.92 Å². The molecule has 2 nitrogen and oxygen atoms in total. The smallest absolute Gasteiger partial charge is 0.0267 e. The van der Waals surface area contributed by atoms with Crippen molar-refractivity contribution in [1.82, 2.24) is 9.55 Å². The monoisotopic (exact) mass is 216 g/mol. The van der Waals surface area contributed by atoms with Crippen LogP contribution in [0.3, 0.4) is 0 Å². The minimum absolute atomic E-state index is 1.17. The van der Waals surface area contributed by atoms with Gasteiger partial charge in [0.2, 0.25) is 0 Å². The topological polar surface area (TPSA) is 17.8 Å². The zero-order valence-corrected chi connectivity index (χ0v) is 10.1. The highest BCUT2D eigenvalue weighted by Crippen LogP contribution is 2.00. The summed E-state index contributed by atoms with van der Waals surface area (Å²) in [5.41, 5.74) is 1.36. The van der Waals surface area contributed by atoms with Crippen LogP contribution in [-0.2, 0) is 6.54 Å². The van der Waals surface area contributed by atoms with E-state index in [4.69, 9.17) is 0 Å². The highest BCUT2D eigenvalue weighted by atomic mass is 14.9. The van der Waals surface area contributed by atoms with E-state index in [2.05, 4.69) is 41.9 Å². The lowest BCUT2D eigenvalue weighted by atomic mass is 10.3. The van der Waals surface area contributed by atoms with Gasteiger partial charge in [-0.1, -0.05) is 19.4 Å². The van der Waals surface area contributed by atoms with E-state index in [1.54, 1.807) is 12.4 Å². The highest BCUT2D eigenvalue weighted by molar-refractivity contribution is 5.06. The second kappa shape index (κ2) is 7.69. The summed E-state index contributed by atoms with van der Waals surface area (Å²) in [4.78, 5) is 3.78. The van der Waals surface area contributed by atoms with E-state index >= 15 is 0 Å². The Morgan fingerprint density at radius 1 is 1.19 bits per heavy atom. The van der Waals surface area contributed by atoms with Crippen LogP contribution in [0.4, 0.5) is 0 Å². The zero-order valence-electron chi connectivity index (χ0n) is 10.1. The molecule has 86 valence electrons. The van der Waals surface area contributed by atoms with Gasteiger partial charge in [-0.2, -0.15) is 0 Å². The molecular formula is C14H20N2. The maximum Gasteiger partial charge on any atom is 0.0267 e. The lowest BCUT2D eigenvalue weighted by Crippen LogP contribution is -1.92. The Morgan fingerprint density at radius 3 is 2.31 bits per heavy atom. The Labute approximate surface area is 98.0 Å². The van der Waals surface area contributed by atoms with Gasteiger partial charge < -0.3 is 4.57 Å². The number of aryl methyl sites for hydroxylation is 2. The van der Waals surface area contributed by atoms with E-state index in [0.717, 1.165) is 0 Å². The van der Waals surface area contributed by atoms with Crippen molar-refractivity contribution in [3.63, 3.8) is 0 Å². The zero-order chi connectivity index (χ0) is 11.6. The fraction of sp³-hybridized carbons (Fsp3) is 0.357. The SMILES string of the molecule is CCCCn1ccc(C)c1.c1ccncc1. The third-order valence-electron chi connectivity index (χ3n) is 2.23. The fourth-order valence-electron chi connectivity index (χ4n) is 1.35. The molecule has 0 saturated heterocycles. The third-order valence-corrected chi connectivity index (χ3v) is 2.23. The quantitative estimate of drug-likeness (QED) is 0.765. The van der Waals surface area contributed by atoms with Gasteiger partial charge in [0, 0.05) is 31.3 Å². The number of rotatable bonds is 3. The highest BCUT2D eigenvalue weighted by Gasteiger charge is 1.89. The summed E-state index contributed by atoms with van der Waals surface area (Å²) < 4.78 is 2.25. The minimum Gasteiger partial charge on any atom is -0.354 e. The van der Waals surface area contributed by atoms with Crippen LogP contribution in [0.2, 0.25) is 0 Å². The predicted molar refractivity (Wildman–Crippen MR) is 68.3 cm³/mol. The molecular weight excluding hydrogens is 196 g/mol. The van der Waals surface area contributed by atoms with Crippen molar-refractivity contribution in [3.05, 3.63) is 54.6 Å². The summed E-state index contributed by atoms with van der Waals surface area (Å²) in [5, 5.41) is 0. The molecule has 0 saturated carbocycles. The Balaban J connectivity index is 0.000000181. The molecule has 0 spiro atoms. The van der Waals surface area contributed by atoms with Crippen molar-refractivity contribution < 1.29 is 0 Å². The Kier molecular flexibility index (Phi) is 6.00. The summed E-state index contributed by atoms with van der Waals surface area (Å²) >= 11 is 0. The molecule has 0 amide bonds. The maximum atomic E-state index is 3.78. The maximum absolute atomic E-state index is 3.78. The van der Waals surface area contributed by atoms with Gasteiger partial charge in [-0.15, -0.1) is 0 Å². The van der Waals surface area contributed by atoms with Gasteiger partial charge in [-0.3, -0.25) is 4.98 Å². The van der Waals surface area contributed by atoms with Gasteiger partial charge in [-0.25, -0.2) is 0 Å². The van der Waals surface area contributed by atoms with Crippen LogP contribution in [0.1, 0.15) is 25.3 Å².